The molecule has 2 aromatic carbocycles. The lowest BCUT2D eigenvalue weighted by Crippen LogP contribution is -2.54. The van der Waals surface area contributed by atoms with Crippen molar-refractivity contribution in [3.63, 3.8) is 0 Å². The van der Waals surface area contributed by atoms with Crippen molar-refractivity contribution in [2.45, 2.75) is 41.1 Å². The van der Waals surface area contributed by atoms with Gasteiger partial charge in [0.15, 0.2) is 0 Å². The highest BCUT2D eigenvalue weighted by atomic mass is 35.5. The zero-order valence-corrected chi connectivity index (χ0v) is 20.7. The summed E-state index contributed by atoms with van der Waals surface area (Å²) in [6.45, 7) is 5.53. The van der Waals surface area contributed by atoms with Gasteiger partial charge in [-0.3, -0.25) is 4.90 Å². The van der Waals surface area contributed by atoms with Gasteiger partial charge in [-0.2, -0.15) is 0 Å². The van der Waals surface area contributed by atoms with Gasteiger partial charge in [-0.05, 0) is 56.1 Å². The van der Waals surface area contributed by atoms with Gasteiger partial charge in [-0.25, -0.2) is 0 Å². The number of piperazine rings is 1. The van der Waals surface area contributed by atoms with Crippen LogP contribution in [0.25, 0.3) is 0 Å². The first-order chi connectivity index (χ1) is 14.2. The standard InChI is InChI=1S/C23H28ClN3OS.2ClH/c24-17-6-9-23-21(14-17)27(20-4-1-2-5-22(20)29-23)11-3-10-25-15-18-7-8-19(16-25)26(18)12-13-28;;/h1-2,4-6,9,14,18-19,28H,3,7-8,10-13,15-16H2;2*1H. The van der Waals surface area contributed by atoms with E-state index in [1.807, 2.05) is 17.8 Å². The lowest BCUT2D eigenvalue weighted by molar-refractivity contribution is 0.0530. The molecular formula is C23H30Cl3N3OS. The summed E-state index contributed by atoms with van der Waals surface area (Å²) in [5, 5.41) is 10.1. The highest BCUT2D eigenvalue weighted by Crippen LogP contribution is 2.48. The van der Waals surface area contributed by atoms with E-state index < -0.39 is 0 Å². The molecule has 170 valence electrons. The van der Waals surface area contributed by atoms with Crippen LogP contribution in [-0.4, -0.2) is 66.3 Å². The molecule has 3 aliphatic rings. The third-order valence-corrected chi connectivity index (χ3v) is 7.88. The molecule has 2 fully saturated rings. The summed E-state index contributed by atoms with van der Waals surface area (Å²) < 4.78 is 0. The van der Waals surface area contributed by atoms with Gasteiger partial charge in [0.1, 0.15) is 0 Å². The largest absolute Gasteiger partial charge is 0.395 e. The average molecular weight is 503 g/mol. The zero-order valence-electron chi connectivity index (χ0n) is 17.5. The van der Waals surface area contributed by atoms with Crippen LogP contribution in [0.4, 0.5) is 11.4 Å². The van der Waals surface area contributed by atoms with E-state index in [0.717, 1.165) is 44.2 Å². The first-order valence-electron chi connectivity index (χ1n) is 10.7. The summed E-state index contributed by atoms with van der Waals surface area (Å²) in [7, 11) is 0. The Hall–Kier alpha value is -0.660. The van der Waals surface area contributed by atoms with Crippen LogP contribution in [0.3, 0.4) is 0 Å². The summed E-state index contributed by atoms with van der Waals surface area (Å²) in [5.74, 6) is 0. The van der Waals surface area contributed by atoms with E-state index >= 15 is 0 Å². The summed E-state index contributed by atoms with van der Waals surface area (Å²) in [5.41, 5.74) is 2.52. The second-order valence-corrected chi connectivity index (χ2v) is 9.81. The first-order valence-corrected chi connectivity index (χ1v) is 11.9. The SMILES string of the molecule is Cl.Cl.OCCN1C2CCC1CN(CCCN1c3ccccc3Sc3ccc(Cl)cc31)C2. The minimum absolute atomic E-state index is 0. The van der Waals surface area contributed by atoms with Crippen molar-refractivity contribution in [2.24, 2.45) is 0 Å². The molecule has 2 saturated heterocycles. The highest BCUT2D eigenvalue weighted by molar-refractivity contribution is 7.99. The molecule has 2 atom stereocenters. The van der Waals surface area contributed by atoms with Gasteiger partial charge >= 0.3 is 0 Å². The van der Waals surface area contributed by atoms with Crippen molar-refractivity contribution in [3.8, 4) is 0 Å². The molecule has 0 aromatic heterocycles. The van der Waals surface area contributed by atoms with Crippen LogP contribution in [0.2, 0.25) is 5.02 Å². The summed E-state index contributed by atoms with van der Waals surface area (Å²) in [4.78, 5) is 10.2. The summed E-state index contributed by atoms with van der Waals surface area (Å²) in [6, 6.07) is 16.2. The van der Waals surface area contributed by atoms with Crippen LogP contribution in [0.15, 0.2) is 52.3 Å². The van der Waals surface area contributed by atoms with E-state index in [0.29, 0.717) is 12.1 Å². The molecule has 1 N–H and O–H groups in total. The molecular weight excluding hydrogens is 473 g/mol. The predicted octanol–water partition coefficient (Wildman–Crippen LogP) is 5.32. The number of fused-ring (bicyclic) bond motifs is 4. The summed E-state index contributed by atoms with van der Waals surface area (Å²) >= 11 is 8.17. The Kier molecular flexibility index (Phi) is 8.84. The van der Waals surface area contributed by atoms with Gasteiger partial charge < -0.3 is 14.9 Å². The number of hydrogen-bond acceptors (Lipinski definition) is 5. The molecule has 31 heavy (non-hydrogen) atoms. The predicted molar refractivity (Wildman–Crippen MR) is 135 cm³/mol. The van der Waals surface area contributed by atoms with Crippen LogP contribution in [-0.2, 0) is 0 Å². The van der Waals surface area contributed by atoms with E-state index in [1.165, 1.54) is 34.0 Å². The fraction of sp³-hybridized carbons (Fsp3) is 0.478. The quantitative estimate of drug-likeness (QED) is 0.578. The lowest BCUT2D eigenvalue weighted by Gasteiger charge is -2.41. The topological polar surface area (TPSA) is 30.0 Å². The average Bonchev–Trinajstić information content (AvgIpc) is 2.96. The fourth-order valence-corrected chi connectivity index (χ4v) is 6.48. The van der Waals surface area contributed by atoms with E-state index in [2.05, 4.69) is 51.1 Å². The maximum absolute atomic E-state index is 9.34. The second kappa shape index (κ2) is 11.0. The zero-order chi connectivity index (χ0) is 19.8. The molecule has 2 aromatic rings. The Morgan fingerprint density at radius 1 is 0.903 bits per heavy atom. The molecule has 2 bridgehead atoms. The molecule has 8 heteroatoms. The Morgan fingerprint density at radius 2 is 1.61 bits per heavy atom. The van der Waals surface area contributed by atoms with Gasteiger partial charge in [-0.15, -0.1) is 24.8 Å². The Balaban J connectivity index is 0.00000136. The lowest BCUT2D eigenvalue weighted by atomic mass is 10.1. The van der Waals surface area contributed by atoms with Crippen molar-refractivity contribution < 1.29 is 5.11 Å². The number of hydrogen-bond donors (Lipinski definition) is 1. The van der Waals surface area contributed by atoms with E-state index in [4.69, 9.17) is 11.6 Å². The van der Waals surface area contributed by atoms with Crippen LogP contribution in [0.5, 0.6) is 0 Å². The van der Waals surface area contributed by atoms with Crippen molar-refractivity contribution in [1.29, 1.82) is 0 Å². The molecule has 0 spiro atoms. The molecule has 0 amide bonds. The van der Waals surface area contributed by atoms with Crippen LogP contribution in [0, 0.1) is 0 Å². The van der Waals surface area contributed by atoms with Gasteiger partial charge in [-0.1, -0.05) is 35.5 Å². The number of para-hydroxylation sites is 1. The maximum atomic E-state index is 9.34. The molecule has 4 nitrogen and oxygen atoms in total. The molecule has 5 rings (SSSR count). The molecule has 3 aliphatic heterocycles. The smallest absolute Gasteiger partial charge is 0.0567 e. The number of benzene rings is 2. The van der Waals surface area contributed by atoms with Crippen molar-refractivity contribution in [3.05, 3.63) is 47.5 Å². The number of rotatable bonds is 6. The number of aliphatic hydroxyl groups excluding tert-OH is 1. The minimum atomic E-state index is 0. The Morgan fingerprint density at radius 3 is 2.35 bits per heavy atom. The first kappa shape index (κ1) is 25.0. The third-order valence-electron chi connectivity index (χ3n) is 6.51. The number of likely N-dealkylation sites (tertiary alicyclic amines) is 1. The van der Waals surface area contributed by atoms with Gasteiger partial charge in [0.05, 0.1) is 18.0 Å². The van der Waals surface area contributed by atoms with E-state index in [-0.39, 0.29) is 31.4 Å². The van der Waals surface area contributed by atoms with Gasteiger partial charge in [0, 0.05) is 53.1 Å². The number of halogens is 3. The van der Waals surface area contributed by atoms with Crippen LogP contribution < -0.4 is 4.90 Å². The van der Waals surface area contributed by atoms with Crippen molar-refractivity contribution in [1.82, 2.24) is 9.80 Å². The Bertz CT molecular complexity index is 873. The van der Waals surface area contributed by atoms with Crippen molar-refractivity contribution in [2.75, 3.05) is 44.2 Å². The maximum Gasteiger partial charge on any atom is 0.0567 e. The highest BCUT2D eigenvalue weighted by Gasteiger charge is 2.39. The fourth-order valence-electron chi connectivity index (χ4n) is 5.24. The summed E-state index contributed by atoms with van der Waals surface area (Å²) in [6.07, 6.45) is 3.69. The van der Waals surface area contributed by atoms with E-state index in [9.17, 15) is 5.11 Å². The van der Waals surface area contributed by atoms with Crippen LogP contribution in [0.1, 0.15) is 19.3 Å². The van der Waals surface area contributed by atoms with Gasteiger partial charge in [0.25, 0.3) is 0 Å². The monoisotopic (exact) mass is 501 g/mol. The third kappa shape index (κ3) is 5.14. The van der Waals surface area contributed by atoms with E-state index in [1.54, 1.807) is 0 Å². The molecule has 0 saturated carbocycles. The Labute approximate surface area is 206 Å². The molecule has 0 aliphatic carbocycles. The van der Waals surface area contributed by atoms with Crippen LogP contribution >= 0.6 is 48.2 Å². The number of nitrogens with zero attached hydrogens (tertiary/aromatic N) is 3. The number of aliphatic hydroxyl groups is 1. The normalized spacial score (nSPS) is 22.3. The molecule has 3 heterocycles. The molecule has 2 unspecified atom stereocenters. The van der Waals surface area contributed by atoms with Crippen molar-refractivity contribution >= 4 is 59.6 Å². The molecule has 0 radical (unpaired) electrons. The minimum Gasteiger partial charge on any atom is -0.395 e. The second-order valence-electron chi connectivity index (χ2n) is 8.29. The number of anilines is 2. The van der Waals surface area contributed by atoms with Gasteiger partial charge in [0.2, 0.25) is 0 Å².